The number of benzene rings is 2. The number of primary amides is 2. The molecule has 6 heteroatoms. The van der Waals surface area contributed by atoms with Crippen molar-refractivity contribution in [3.8, 4) is 11.1 Å². The minimum atomic E-state index is -1.07. The Labute approximate surface area is 120 Å². The number of carbonyl (C=O) groups is 3. The van der Waals surface area contributed by atoms with Crippen LogP contribution < -0.4 is 11.5 Å². The van der Waals surface area contributed by atoms with E-state index in [-0.39, 0.29) is 16.7 Å². The highest BCUT2D eigenvalue weighted by Crippen LogP contribution is 2.28. The van der Waals surface area contributed by atoms with Crippen molar-refractivity contribution >= 4 is 17.8 Å². The smallest absolute Gasteiger partial charge is 0.335 e. The summed E-state index contributed by atoms with van der Waals surface area (Å²) in [6.45, 7) is 0. The number of aromatic carboxylic acids is 1. The van der Waals surface area contributed by atoms with Gasteiger partial charge in [-0.25, -0.2) is 4.79 Å². The van der Waals surface area contributed by atoms with Crippen LogP contribution in [-0.2, 0) is 0 Å². The molecule has 106 valence electrons. The van der Waals surface area contributed by atoms with Crippen molar-refractivity contribution in [2.24, 2.45) is 11.5 Å². The Kier molecular flexibility index (Phi) is 3.71. The molecule has 0 spiro atoms. The maximum atomic E-state index is 11.5. The van der Waals surface area contributed by atoms with Crippen molar-refractivity contribution in [1.82, 2.24) is 0 Å². The molecular weight excluding hydrogens is 272 g/mol. The van der Waals surface area contributed by atoms with Crippen molar-refractivity contribution < 1.29 is 19.5 Å². The number of rotatable bonds is 4. The molecule has 0 unspecified atom stereocenters. The summed E-state index contributed by atoms with van der Waals surface area (Å²) >= 11 is 0. The zero-order valence-electron chi connectivity index (χ0n) is 10.9. The molecule has 21 heavy (non-hydrogen) atoms. The van der Waals surface area contributed by atoms with Crippen LogP contribution in [0.5, 0.6) is 0 Å². The predicted molar refractivity (Wildman–Crippen MR) is 75.9 cm³/mol. The van der Waals surface area contributed by atoms with E-state index in [0.717, 1.165) is 0 Å². The van der Waals surface area contributed by atoms with Gasteiger partial charge in [-0.05, 0) is 29.8 Å². The van der Waals surface area contributed by atoms with Gasteiger partial charge in [0.25, 0.3) is 0 Å². The molecule has 2 amide bonds. The van der Waals surface area contributed by atoms with Crippen LogP contribution in [0.4, 0.5) is 0 Å². The molecule has 0 saturated heterocycles. The zero-order valence-corrected chi connectivity index (χ0v) is 10.9. The first-order valence-corrected chi connectivity index (χ1v) is 5.98. The molecule has 0 bridgehead atoms. The molecule has 2 rings (SSSR count). The molecule has 0 saturated carbocycles. The van der Waals surface area contributed by atoms with Crippen LogP contribution in [0.1, 0.15) is 31.1 Å². The molecule has 0 aromatic heterocycles. The number of amides is 2. The van der Waals surface area contributed by atoms with E-state index >= 15 is 0 Å². The van der Waals surface area contributed by atoms with Crippen LogP contribution in [0, 0.1) is 0 Å². The van der Waals surface area contributed by atoms with Crippen molar-refractivity contribution in [3.05, 3.63) is 59.2 Å². The third kappa shape index (κ3) is 2.74. The third-order valence-corrected chi connectivity index (χ3v) is 3.02. The number of carboxylic acid groups (broad SMARTS) is 1. The van der Waals surface area contributed by atoms with E-state index in [2.05, 4.69) is 0 Å². The molecule has 0 aliphatic carbocycles. The fourth-order valence-corrected chi connectivity index (χ4v) is 2.05. The van der Waals surface area contributed by atoms with Gasteiger partial charge in [0.15, 0.2) is 0 Å². The maximum absolute atomic E-state index is 11.5. The van der Waals surface area contributed by atoms with Gasteiger partial charge in [-0.3, -0.25) is 9.59 Å². The van der Waals surface area contributed by atoms with Gasteiger partial charge < -0.3 is 16.6 Å². The van der Waals surface area contributed by atoms with E-state index in [9.17, 15) is 14.4 Å². The first kappa shape index (κ1) is 14.3. The second kappa shape index (κ2) is 5.46. The SMILES string of the molecule is NC(=O)c1cccc(C(N)=O)c1-c1ccc(C(=O)O)cc1. The molecule has 0 radical (unpaired) electrons. The van der Waals surface area contributed by atoms with Crippen LogP contribution >= 0.6 is 0 Å². The fraction of sp³-hybridized carbons (Fsp3) is 0. The predicted octanol–water partition coefficient (Wildman–Crippen LogP) is 1.25. The average molecular weight is 284 g/mol. The van der Waals surface area contributed by atoms with Gasteiger partial charge >= 0.3 is 5.97 Å². The Morgan fingerprint density at radius 1 is 0.810 bits per heavy atom. The van der Waals surface area contributed by atoms with E-state index < -0.39 is 17.8 Å². The topological polar surface area (TPSA) is 123 Å². The molecular formula is C15H12N2O4. The summed E-state index contributed by atoms with van der Waals surface area (Å²) in [7, 11) is 0. The van der Waals surface area contributed by atoms with Gasteiger partial charge in [0.2, 0.25) is 11.8 Å². The quantitative estimate of drug-likeness (QED) is 0.781. The molecule has 2 aromatic carbocycles. The van der Waals surface area contributed by atoms with E-state index in [0.29, 0.717) is 11.1 Å². The van der Waals surface area contributed by atoms with Gasteiger partial charge in [-0.1, -0.05) is 18.2 Å². The van der Waals surface area contributed by atoms with Crippen LogP contribution in [0.3, 0.4) is 0 Å². The van der Waals surface area contributed by atoms with E-state index in [1.165, 1.54) is 42.5 Å². The summed E-state index contributed by atoms with van der Waals surface area (Å²) in [6.07, 6.45) is 0. The van der Waals surface area contributed by atoms with Crippen molar-refractivity contribution in [3.63, 3.8) is 0 Å². The maximum Gasteiger partial charge on any atom is 0.335 e. The second-order valence-corrected chi connectivity index (χ2v) is 4.34. The largest absolute Gasteiger partial charge is 0.478 e. The molecule has 0 aliphatic heterocycles. The van der Waals surface area contributed by atoms with Gasteiger partial charge in [0.05, 0.1) is 5.56 Å². The summed E-state index contributed by atoms with van der Waals surface area (Å²) in [4.78, 5) is 33.9. The van der Waals surface area contributed by atoms with Crippen molar-refractivity contribution in [1.29, 1.82) is 0 Å². The van der Waals surface area contributed by atoms with Crippen LogP contribution in [-0.4, -0.2) is 22.9 Å². The third-order valence-electron chi connectivity index (χ3n) is 3.02. The van der Waals surface area contributed by atoms with Crippen LogP contribution in [0.2, 0.25) is 0 Å². The van der Waals surface area contributed by atoms with E-state index in [1.54, 1.807) is 0 Å². The van der Waals surface area contributed by atoms with Crippen molar-refractivity contribution in [2.45, 2.75) is 0 Å². The fourth-order valence-electron chi connectivity index (χ4n) is 2.05. The van der Waals surface area contributed by atoms with E-state index in [4.69, 9.17) is 16.6 Å². The van der Waals surface area contributed by atoms with E-state index in [1.807, 2.05) is 0 Å². The molecule has 2 aromatic rings. The molecule has 5 N–H and O–H groups in total. The highest BCUT2D eigenvalue weighted by molar-refractivity contribution is 6.08. The Morgan fingerprint density at radius 2 is 1.29 bits per heavy atom. The standard InChI is InChI=1S/C15H12N2O4/c16-13(18)10-2-1-3-11(14(17)19)12(10)8-4-6-9(7-5-8)15(20)21/h1-7H,(H2,16,18)(H2,17,19)(H,20,21). The Morgan fingerprint density at radius 3 is 1.67 bits per heavy atom. The number of hydrogen-bond acceptors (Lipinski definition) is 3. The molecule has 0 aliphatic rings. The Bertz CT molecular complexity index is 704. The first-order valence-electron chi connectivity index (χ1n) is 5.98. The van der Waals surface area contributed by atoms with Crippen LogP contribution in [0.25, 0.3) is 11.1 Å². The lowest BCUT2D eigenvalue weighted by Crippen LogP contribution is -2.18. The minimum Gasteiger partial charge on any atom is -0.478 e. The lowest BCUT2D eigenvalue weighted by molar-refractivity contribution is 0.0696. The minimum absolute atomic E-state index is 0.0935. The zero-order chi connectivity index (χ0) is 15.6. The highest BCUT2D eigenvalue weighted by atomic mass is 16.4. The van der Waals surface area contributed by atoms with Gasteiger partial charge in [-0.2, -0.15) is 0 Å². The molecule has 0 fully saturated rings. The number of carbonyl (C=O) groups excluding carboxylic acids is 2. The van der Waals surface area contributed by atoms with Crippen LogP contribution in [0.15, 0.2) is 42.5 Å². The normalized spacial score (nSPS) is 10.1. The number of hydrogen-bond donors (Lipinski definition) is 3. The summed E-state index contributed by atoms with van der Waals surface area (Å²) in [5.74, 6) is -2.47. The Balaban J connectivity index is 2.68. The highest BCUT2D eigenvalue weighted by Gasteiger charge is 2.17. The summed E-state index contributed by atoms with van der Waals surface area (Å²) < 4.78 is 0. The summed E-state index contributed by atoms with van der Waals surface area (Å²) in [6, 6.07) is 10.2. The lowest BCUT2D eigenvalue weighted by Gasteiger charge is -2.11. The van der Waals surface area contributed by atoms with Gasteiger partial charge in [-0.15, -0.1) is 0 Å². The average Bonchev–Trinajstić information content (AvgIpc) is 2.46. The van der Waals surface area contributed by atoms with Gasteiger partial charge in [0.1, 0.15) is 0 Å². The Hall–Kier alpha value is -3.15. The molecule has 6 nitrogen and oxygen atoms in total. The number of nitrogens with two attached hydrogens (primary N) is 2. The first-order chi connectivity index (χ1) is 9.91. The lowest BCUT2D eigenvalue weighted by atomic mass is 9.93. The van der Waals surface area contributed by atoms with Gasteiger partial charge in [0, 0.05) is 16.7 Å². The molecule has 0 heterocycles. The summed E-state index contributed by atoms with van der Waals surface area (Å²) in [5, 5.41) is 8.88. The monoisotopic (exact) mass is 284 g/mol. The molecule has 0 atom stereocenters. The number of carboxylic acids is 1. The second-order valence-electron chi connectivity index (χ2n) is 4.34. The summed E-state index contributed by atoms with van der Waals surface area (Å²) in [5.41, 5.74) is 11.8. The van der Waals surface area contributed by atoms with Crippen molar-refractivity contribution in [2.75, 3.05) is 0 Å².